The van der Waals surface area contributed by atoms with Crippen LogP contribution in [0.2, 0.25) is 0 Å². The molecule has 0 saturated heterocycles. The highest BCUT2D eigenvalue weighted by atomic mass is 16.4. The van der Waals surface area contributed by atoms with Gasteiger partial charge in [0, 0.05) is 47.2 Å². The molecule has 0 radical (unpaired) electrons. The van der Waals surface area contributed by atoms with Gasteiger partial charge in [-0.1, -0.05) is 39.8 Å². The molecule has 0 spiro atoms. The molecule has 6 nitrogen and oxygen atoms in total. The van der Waals surface area contributed by atoms with Crippen LogP contribution in [0.1, 0.15) is 86.0 Å². The Morgan fingerprint density at radius 3 is 2.40 bits per heavy atom. The number of rotatable bonds is 6. The van der Waals surface area contributed by atoms with E-state index in [-0.39, 0.29) is 53.9 Å². The van der Waals surface area contributed by atoms with Gasteiger partial charge in [-0.2, -0.15) is 0 Å². The summed E-state index contributed by atoms with van der Waals surface area (Å²) in [4.78, 5) is 51.2. The van der Waals surface area contributed by atoms with Gasteiger partial charge in [-0.3, -0.25) is 19.2 Å². The van der Waals surface area contributed by atoms with Gasteiger partial charge in [0.25, 0.3) is 0 Å². The molecule has 0 bridgehead atoms. The Hall–Kier alpha value is -2.08. The molecule has 0 heterocycles. The van der Waals surface area contributed by atoms with Crippen LogP contribution in [0.3, 0.4) is 0 Å². The zero-order valence-corrected chi connectivity index (χ0v) is 21.8. The summed E-state index contributed by atoms with van der Waals surface area (Å²) in [6, 6.07) is 0. The van der Waals surface area contributed by atoms with Crippen LogP contribution < -0.4 is 0 Å². The van der Waals surface area contributed by atoms with E-state index < -0.39 is 28.3 Å². The smallest absolute Gasteiger partial charge is 0.310 e. The van der Waals surface area contributed by atoms with Crippen LogP contribution in [-0.4, -0.2) is 39.1 Å². The van der Waals surface area contributed by atoms with E-state index in [1.165, 1.54) is 0 Å². The molecule has 35 heavy (non-hydrogen) atoms. The second kappa shape index (κ2) is 8.50. The molecule has 2 fully saturated rings. The quantitative estimate of drug-likeness (QED) is 0.530. The summed E-state index contributed by atoms with van der Waals surface area (Å²) in [5.41, 5.74) is -1.13. The van der Waals surface area contributed by atoms with Crippen LogP contribution in [0.4, 0.5) is 0 Å². The van der Waals surface area contributed by atoms with Gasteiger partial charge in [0.15, 0.2) is 11.6 Å². The SMILES string of the molecule is C=C(CC[C@@H](C)[C@H]1CC[C@@]2(O)C3=C(C(=O)C[C@]12C)[C@@]1(C)CCC(=O)[C@@H](C)[C@H]1CC3=O)[C@@H](C)C(=O)O. The predicted octanol–water partition coefficient (Wildman–Crippen LogP) is 4.69. The fraction of sp³-hybridized carbons (Fsp3) is 0.724. The molecular formula is C29H40O6. The van der Waals surface area contributed by atoms with Gasteiger partial charge >= 0.3 is 5.97 Å². The summed E-state index contributed by atoms with van der Waals surface area (Å²) in [5.74, 6) is -1.83. The molecule has 4 aliphatic carbocycles. The standard InChI is InChI=1S/C29H40O6/c1-15(17(3)26(33)34)7-8-16(2)19-9-12-29(35)25-22(31)13-20-18(4)21(30)10-11-27(20,5)24(25)23(32)14-28(19,29)6/h16-20,35H,1,7-14H2,2-6H3,(H,33,34)/t16-,17-,18+,19-,20-,27+,28-,29-/m1/s1. The van der Waals surface area contributed by atoms with Crippen LogP contribution in [-0.2, 0) is 19.2 Å². The summed E-state index contributed by atoms with van der Waals surface area (Å²) in [6.07, 6.45) is 3.81. The van der Waals surface area contributed by atoms with E-state index in [9.17, 15) is 29.4 Å². The van der Waals surface area contributed by atoms with Crippen molar-refractivity contribution in [2.75, 3.05) is 0 Å². The minimum atomic E-state index is -1.35. The van der Waals surface area contributed by atoms with Gasteiger partial charge in [-0.05, 0) is 56.8 Å². The lowest BCUT2D eigenvalue weighted by atomic mass is 9.47. The average molecular weight is 485 g/mol. The largest absolute Gasteiger partial charge is 0.481 e. The van der Waals surface area contributed by atoms with Crippen molar-refractivity contribution in [1.82, 2.24) is 0 Å². The average Bonchev–Trinajstić information content (AvgIpc) is 3.06. The molecule has 0 unspecified atom stereocenters. The highest BCUT2D eigenvalue weighted by Gasteiger charge is 2.67. The first-order valence-corrected chi connectivity index (χ1v) is 13.2. The Balaban J connectivity index is 1.67. The molecule has 0 amide bonds. The van der Waals surface area contributed by atoms with E-state index in [1.807, 2.05) is 20.8 Å². The Morgan fingerprint density at radius 2 is 1.77 bits per heavy atom. The minimum absolute atomic E-state index is 0.0311. The molecule has 6 heteroatoms. The molecule has 4 rings (SSSR count). The minimum Gasteiger partial charge on any atom is -0.481 e. The Morgan fingerprint density at radius 1 is 1.11 bits per heavy atom. The Labute approximate surface area is 208 Å². The molecule has 0 aromatic heterocycles. The number of aliphatic carboxylic acids is 1. The molecule has 0 aliphatic heterocycles. The van der Waals surface area contributed by atoms with Crippen LogP contribution in [0.5, 0.6) is 0 Å². The second-order valence-electron chi connectivity index (χ2n) is 12.4. The van der Waals surface area contributed by atoms with Crippen molar-refractivity contribution in [2.24, 2.45) is 40.4 Å². The number of carboxylic acid groups (broad SMARTS) is 1. The van der Waals surface area contributed by atoms with Gasteiger partial charge in [0.1, 0.15) is 5.78 Å². The van der Waals surface area contributed by atoms with Crippen molar-refractivity contribution in [2.45, 2.75) is 91.6 Å². The summed E-state index contributed by atoms with van der Waals surface area (Å²) in [5, 5.41) is 21.5. The number of carboxylic acids is 1. The monoisotopic (exact) mass is 484 g/mol. The van der Waals surface area contributed by atoms with E-state index in [0.29, 0.717) is 48.8 Å². The lowest BCUT2D eigenvalue weighted by molar-refractivity contribution is -0.144. The maximum atomic E-state index is 13.8. The predicted molar refractivity (Wildman–Crippen MR) is 131 cm³/mol. The van der Waals surface area contributed by atoms with Crippen molar-refractivity contribution in [3.8, 4) is 0 Å². The van der Waals surface area contributed by atoms with Crippen molar-refractivity contribution >= 4 is 23.3 Å². The third kappa shape index (κ3) is 3.61. The third-order valence-corrected chi connectivity index (χ3v) is 10.7. The molecule has 0 aromatic carbocycles. The molecule has 4 aliphatic rings. The number of aliphatic hydroxyl groups is 1. The Bertz CT molecular complexity index is 1040. The zero-order chi connectivity index (χ0) is 26.1. The van der Waals surface area contributed by atoms with E-state index in [4.69, 9.17) is 0 Å². The van der Waals surface area contributed by atoms with Crippen molar-refractivity contribution in [3.05, 3.63) is 23.3 Å². The maximum Gasteiger partial charge on any atom is 0.310 e. The first-order chi connectivity index (χ1) is 16.2. The number of Topliss-reactive ketones (excluding diaryl/α,β-unsaturated/α-hetero) is 3. The molecule has 0 aromatic rings. The number of carbonyl (C=O) groups is 4. The highest BCUT2D eigenvalue weighted by Crippen LogP contribution is 2.66. The van der Waals surface area contributed by atoms with Crippen LogP contribution >= 0.6 is 0 Å². The Kier molecular flexibility index (Phi) is 6.31. The molecule has 8 atom stereocenters. The first kappa shape index (κ1) is 26.0. The number of allylic oxidation sites excluding steroid dienone is 1. The molecule has 2 saturated carbocycles. The lowest BCUT2D eigenvalue weighted by Gasteiger charge is -2.56. The number of ketones is 3. The normalized spacial score (nSPS) is 40.6. The first-order valence-electron chi connectivity index (χ1n) is 13.2. The van der Waals surface area contributed by atoms with Crippen molar-refractivity contribution < 1.29 is 29.4 Å². The maximum absolute atomic E-state index is 13.8. The number of fused-ring (bicyclic) bond motifs is 4. The van der Waals surface area contributed by atoms with Gasteiger partial charge in [0.05, 0.1) is 11.5 Å². The van der Waals surface area contributed by atoms with Gasteiger partial charge in [-0.25, -0.2) is 0 Å². The van der Waals surface area contributed by atoms with Gasteiger partial charge in [-0.15, -0.1) is 0 Å². The van der Waals surface area contributed by atoms with Crippen molar-refractivity contribution in [3.63, 3.8) is 0 Å². The van der Waals surface area contributed by atoms with E-state index in [2.05, 4.69) is 13.5 Å². The van der Waals surface area contributed by atoms with E-state index in [1.54, 1.807) is 6.92 Å². The van der Waals surface area contributed by atoms with Crippen LogP contribution in [0.25, 0.3) is 0 Å². The summed E-state index contributed by atoms with van der Waals surface area (Å²) < 4.78 is 0. The fourth-order valence-corrected chi connectivity index (χ4v) is 8.21. The van der Waals surface area contributed by atoms with Crippen LogP contribution in [0, 0.1) is 40.4 Å². The summed E-state index contributed by atoms with van der Waals surface area (Å²) >= 11 is 0. The fourth-order valence-electron chi connectivity index (χ4n) is 8.21. The summed E-state index contributed by atoms with van der Waals surface area (Å²) in [6.45, 7) is 13.6. The van der Waals surface area contributed by atoms with E-state index in [0.717, 1.165) is 6.42 Å². The highest BCUT2D eigenvalue weighted by molar-refractivity contribution is 6.12. The molecular weight excluding hydrogens is 444 g/mol. The summed E-state index contributed by atoms with van der Waals surface area (Å²) in [7, 11) is 0. The molecule has 2 N–H and O–H groups in total. The topological polar surface area (TPSA) is 109 Å². The zero-order valence-electron chi connectivity index (χ0n) is 21.8. The van der Waals surface area contributed by atoms with Gasteiger partial charge in [0.2, 0.25) is 0 Å². The number of carbonyl (C=O) groups excluding carboxylic acids is 3. The van der Waals surface area contributed by atoms with Crippen molar-refractivity contribution in [1.29, 1.82) is 0 Å². The molecule has 192 valence electrons. The second-order valence-corrected chi connectivity index (χ2v) is 12.4. The number of hydrogen-bond acceptors (Lipinski definition) is 5. The van der Waals surface area contributed by atoms with Crippen LogP contribution in [0.15, 0.2) is 23.3 Å². The van der Waals surface area contributed by atoms with Gasteiger partial charge < -0.3 is 10.2 Å². The third-order valence-electron chi connectivity index (χ3n) is 10.7. The number of hydrogen-bond donors (Lipinski definition) is 2. The lowest BCUT2D eigenvalue weighted by Crippen LogP contribution is -2.59. The van der Waals surface area contributed by atoms with E-state index >= 15 is 0 Å².